The molecule has 0 aromatic carbocycles. The average molecular weight is 171 g/mol. The number of aliphatic carboxylic acids is 1. The molecule has 0 aromatic heterocycles. The lowest BCUT2D eigenvalue weighted by Gasteiger charge is -2.06. The summed E-state index contributed by atoms with van der Waals surface area (Å²) >= 11 is 0. The first-order valence-corrected chi connectivity index (χ1v) is 3.44. The number of carboxylic acids is 1. The van der Waals surface area contributed by atoms with E-state index in [0.29, 0.717) is 0 Å². The van der Waals surface area contributed by atoms with Gasteiger partial charge in [0.2, 0.25) is 0 Å². The molecule has 1 amide bonds. The van der Waals surface area contributed by atoms with E-state index in [-0.39, 0.29) is 17.8 Å². The van der Waals surface area contributed by atoms with Crippen molar-refractivity contribution < 1.29 is 19.8 Å². The first-order chi connectivity index (χ1) is 5.52. The van der Waals surface area contributed by atoms with E-state index in [1.54, 1.807) is 0 Å². The van der Waals surface area contributed by atoms with Gasteiger partial charge in [-0.15, -0.1) is 0 Å². The van der Waals surface area contributed by atoms with E-state index in [4.69, 9.17) is 5.11 Å². The third-order valence-corrected chi connectivity index (χ3v) is 1.74. The van der Waals surface area contributed by atoms with Crippen LogP contribution in [0, 0.1) is 0 Å². The molecule has 12 heavy (non-hydrogen) atoms. The van der Waals surface area contributed by atoms with E-state index in [0.717, 1.165) is 0 Å². The molecule has 0 saturated heterocycles. The van der Waals surface area contributed by atoms with Gasteiger partial charge in [0.25, 0.3) is 5.91 Å². The Hall–Kier alpha value is -1.52. The van der Waals surface area contributed by atoms with E-state index < -0.39 is 17.9 Å². The van der Waals surface area contributed by atoms with Gasteiger partial charge in [-0.1, -0.05) is 0 Å². The van der Waals surface area contributed by atoms with Crippen molar-refractivity contribution in [1.29, 1.82) is 0 Å². The van der Waals surface area contributed by atoms with Gasteiger partial charge in [0, 0.05) is 0 Å². The number of nitrogens with one attached hydrogen (secondary N) is 1. The summed E-state index contributed by atoms with van der Waals surface area (Å²) in [4.78, 5) is 21.1. The molecule has 0 spiro atoms. The van der Waals surface area contributed by atoms with Gasteiger partial charge in [0.1, 0.15) is 5.76 Å². The summed E-state index contributed by atoms with van der Waals surface area (Å²) in [6, 6.07) is -0.755. The molecular formula is C7H9NO4. The third-order valence-electron chi connectivity index (χ3n) is 1.74. The van der Waals surface area contributed by atoms with Crippen molar-refractivity contribution >= 4 is 11.9 Å². The van der Waals surface area contributed by atoms with Crippen LogP contribution in [0.2, 0.25) is 0 Å². The maximum Gasteiger partial charge on any atom is 0.305 e. The molecule has 1 atom stereocenters. The number of carbonyl (C=O) groups excluding carboxylic acids is 1. The quantitative estimate of drug-likeness (QED) is 0.536. The van der Waals surface area contributed by atoms with Crippen molar-refractivity contribution in [2.24, 2.45) is 0 Å². The zero-order chi connectivity index (χ0) is 9.30. The highest BCUT2D eigenvalue weighted by Crippen LogP contribution is 2.16. The van der Waals surface area contributed by atoms with Crippen LogP contribution < -0.4 is 5.32 Å². The maximum atomic E-state index is 10.9. The normalized spacial score (nSPS) is 22.8. The molecule has 5 heteroatoms. The van der Waals surface area contributed by atoms with Crippen molar-refractivity contribution in [3.8, 4) is 0 Å². The van der Waals surface area contributed by atoms with E-state index in [1.807, 2.05) is 0 Å². The Balaban J connectivity index is 2.73. The number of amides is 1. The molecule has 1 unspecified atom stereocenters. The Morgan fingerprint density at radius 1 is 1.67 bits per heavy atom. The zero-order valence-corrected chi connectivity index (χ0v) is 6.50. The molecule has 1 aliphatic rings. The molecule has 5 nitrogen and oxygen atoms in total. The van der Waals surface area contributed by atoms with Crippen LogP contribution in [-0.2, 0) is 9.59 Å². The van der Waals surface area contributed by atoms with E-state index in [9.17, 15) is 14.7 Å². The predicted molar refractivity (Wildman–Crippen MR) is 39.5 cm³/mol. The van der Waals surface area contributed by atoms with Gasteiger partial charge in [0.15, 0.2) is 0 Å². The summed E-state index contributed by atoms with van der Waals surface area (Å²) in [5, 5.41) is 19.9. The topological polar surface area (TPSA) is 86.6 Å². The lowest BCUT2D eigenvalue weighted by atomic mass is 10.1. The van der Waals surface area contributed by atoms with Gasteiger partial charge >= 0.3 is 5.97 Å². The van der Waals surface area contributed by atoms with Crippen LogP contribution in [-0.4, -0.2) is 28.1 Å². The van der Waals surface area contributed by atoms with Crippen LogP contribution in [0.15, 0.2) is 11.3 Å². The molecule has 66 valence electrons. The Morgan fingerprint density at radius 3 is 2.58 bits per heavy atom. The zero-order valence-electron chi connectivity index (χ0n) is 6.50. The summed E-state index contributed by atoms with van der Waals surface area (Å²) in [5.74, 6) is -1.62. The molecule has 0 aliphatic carbocycles. The summed E-state index contributed by atoms with van der Waals surface area (Å²) in [7, 11) is 0. The number of carboxylic acid groups (broad SMARTS) is 1. The van der Waals surface area contributed by atoms with Crippen LogP contribution in [0.3, 0.4) is 0 Å². The second-order valence-electron chi connectivity index (χ2n) is 2.63. The molecule has 0 bridgehead atoms. The molecule has 0 radical (unpaired) electrons. The second kappa shape index (κ2) is 2.84. The monoisotopic (exact) mass is 171 g/mol. The highest BCUT2D eigenvalue weighted by Gasteiger charge is 2.30. The predicted octanol–water partition coefficient (Wildman–Crippen LogP) is -0.209. The van der Waals surface area contributed by atoms with E-state index >= 15 is 0 Å². The van der Waals surface area contributed by atoms with Crippen molar-refractivity contribution in [3.05, 3.63) is 11.3 Å². The minimum Gasteiger partial charge on any atom is -0.510 e. The van der Waals surface area contributed by atoms with Crippen molar-refractivity contribution in [2.45, 2.75) is 19.4 Å². The Kier molecular flexibility index (Phi) is 2.03. The van der Waals surface area contributed by atoms with E-state index in [2.05, 4.69) is 5.32 Å². The van der Waals surface area contributed by atoms with E-state index in [1.165, 1.54) is 6.92 Å². The van der Waals surface area contributed by atoms with Crippen LogP contribution in [0.4, 0.5) is 0 Å². The second-order valence-corrected chi connectivity index (χ2v) is 2.63. The highest BCUT2D eigenvalue weighted by atomic mass is 16.4. The molecule has 3 N–H and O–H groups in total. The number of aliphatic hydroxyl groups is 1. The molecule has 1 heterocycles. The fourth-order valence-electron chi connectivity index (χ4n) is 1.03. The van der Waals surface area contributed by atoms with Gasteiger partial charge in [-0.3, -0.25) is 9.59 Å². The fourth-order valence-corrected chi connectivity index (χ4v) is 1.03. The Labute approximate surface area is 68.7 Å². The van der Waals surface area contributed by atoms with Crippen LogP contribution >= 0.6 is 0 Å². The highest BCUT2D eigenvalue weighted by molar-refractivity contribution is 5.97. The summed E-state index contributed by atoms with van der Waals surface area (Å²) in [6.45, 7) is 1.45. The van der Waals surface area contributed by atoms with Crippen LogP contribution in [0.5, 0.6) is 0 Å². The lowest BCUT2D eigenvalue weighted by Crippen LogP contribution is -2.30. The van der Waals surface area contributed by atoms with Gasteiger partial charge in [-0.2, -0.15) is 0 Å². The van der Waals surface area contributed by atoms with Crippen molar-refractivity contribution in [3.63, 3.8) is 0 Å². The SMILES string of the molecule is CC1=C(O)C(CC(=O)O)NC1=O. The largest absolute Gasteiger partial charge is 0.510 e. The molecular weight excluding hydrogens is 162 g/mol. The fraction of sp³-hybridized carbons (Fsp3) is 0.429. The summed E-state index contributed by atoms with van der Waals surface area (Å²) < 4.78 is 0. The molecule has 0 fully saturated rings. The number of rotatable bonds is 2. The lowest BCUT2D eigenvalue weighted by molar-refractivity contribution is -0.137. The minimum atomic E-state index is -1.05. The number of hydrogen-bond donors (Lipinski definition) is 3. The van der Waals surface area contributed by atoms with Gasteiger partial charge < -0.3 is 15.5 Å². The van der Waals surface area contributed by atoms with Crippen LogP contribution in [0.25, 0.3) is 0 Å². The number of aliphatic hydroxyl groups excluding tert-OH is 1. The third kappa shape index (κ3) is 1.39. The first-order valence-electron chi connectivity index (χ1n) is 3.44. The Bertz CT molecular complexity index is 269. The first kappa shape index (κ1) is 8.58. The molecule has 1 rings (SSSR count). The minimum absolute atomic E-state index is 0.164. The standard InChI is InChI=1S/C7H9NO4/c1-3-6(11)4(2-5(9)10)8-7(3)12/h4,11H,2H2,1H3,(H,8,12)(H,9,10). The van der Waals surface area contributed by atoms with Gasteiger partial charge in [-0.25, -0.2) is 0 Å². The maximum absolute atomic E-state index is 10.9. The molecule has 0 aromatic rings. The average Bonchev–Trinajstić information content (AvgIpc) is 2.17. The number of hydrogen-bond acceptors (Lipinski definition) is 3. The van der Waals surface area contributed by atoms with Gasteiger partial charge in [0.05, 0.1) is 18.0 Å². The molecule has 1 aliphatic heterocycles. The van der Waals surface area contributed by atoms with Gasteiger partial charge in [-0.05, 0) is 6.92 Å². The Morgan fingerprint density at radius 2 is 2.25 bits per heavy atom. The summed E-state index contributed by atoms with van der Waals surface area (Å²) in [6.07, 6.45) is -0.283. The molecule has 0 saturated carbocycles. The van der Waals surface area contributed by atoms with Crippen molar-refractivity contribution in [2.75, 3.05) is 0 Å². The number of carbonyl (C=O) groups is 2. The smallest absolute Gasteiger partial charge is 0.305 e. The van der Waals surface area contributed by atoms with Crippen molar-refractivity contribution in [1.82, 2.24) is 5.32 Å². The van der Waals surface area contributed by atoms with Crippen LogP contribution in [0.1, 0.15) is 13.3 Å². The summed E-state index contributed by atoms with van der Waals surface area (Å²) in [5.41, 5.74) is 0.196.